The molecule has 0 spiro atoms. The highest BCUT2D eigenvalue weighted by atomic mass is 35.5. The fraction of sp³-hybridized carbons (Fsp3) is 0.400. The average Bonchev–Trinajstić information content (AvgIpc) is 2.71. The summed E-state index contributed by atoms with van der Waals surface area (Å²) in [5, 5.41) is 5.73. The van der Waals surface area contributed by atoms with Crippen molar-refractivity contribution in [2.24, 2.45) is 5.92 Å². The summed E-state index contributed by atoms with van der Waals surface area (Å²) in [7, 11) is 0. The van der Waals surface area contributed by atoms with Crippen LogP contribution in [0.1, 0.15) is 19.4 Å². The monoisotopic (exact) mass is 323 g/mol. The van der Waals surface area contributed by atoms with Crippen molar-refractivity contribution < 1.29 is 14.4 Å². The highest BCUT2D eigenvalue weighted by Gasteiger charge is 2.40. The SMILES string of the molecule is Cc1ccc(NC(=O)CN2C(=O)N[C@@H](C(C)C)C2=O)cc1Cl. The van der Waals surface area contributed by atoms with Crippen molar-refractivity contribution in [1.29, 1.82) is 0 Å². The number of amides is 4. The molecule has 22 heavy (non-hydrogen) atoms. The lowest BCUT2D eigenvalue weighted by Crippen LogP contribution is -2.39. The van der Waals surface area contributed by atoms with Gasteiger partial charge in [-0.05, 0) is 30.5 Å². The zero-order valence-electron chi connectivity index (χ0n) is 12.6. The van der Waals surface area contributed by atoms with Crippen molar-refractivity contribution in [2.45, 2.75) is 26.8 Å². The molecule has 2 N–H and O–H groups in total. The standard InChI is InChI=1S/C15H18ClN3O3/c1-8(2)13-14(21)19(15(22)18-13)7-12(20)17-10-5-4-9(3)11(16)6-10/h4-6,8,13H,7H2,1-3H3,(H,17,20)(H,18,22)/t13-/m0/s1. The molecular formula is C15H18ClN3O3. The highest BCUT2D eigenvalue weighted by Crippen LogP contribution is 2.20. The largest absolute Gasteiger partial charge is 0.326 e. The van der Waals surface area contributed by atoms with Gasteiger partial charge in [-0.15, -0.1) is 0 Å². The summed E-state index contributed by atoms with van der Waals surface area (Å²) in [4.78, 5) is 36.8. The molecule has 0 radical (unpaired) electrons. The molecule has 0 bridgehead atoms. The molecule has 1 aliphatic heterocycles. The van der Waals surface area contributed by atoms with E-state index in [1.54, 1.807) is 18.2 Å². The third-order valence-electron chi connectivity index (χ3n) is 3.48. The van der Waals surface area contributed by atoms with E-state index in [1.807, 2.05) is 20.8 Å². The Morgan fingerprint density at radius 1 is 1.41 bits per heavy atom. The molecule has 7 heteroatoms. The van der Waals surface area contributed by atoms with E-state index in [0.717, 1.165) is 10.5 Å². The van der Waals surface area contributed by atoms with E-state index in [4.69, 9.17) is 11.6 Å². The van der Waals surface area contributed by atoms with Gasteiger partial charge in [-0.1, -0.05) is 31.5 Å². The Morgan fingerprint density at radius 2 is 2.09 bits per heavy atom. The summed E-state index contributed by atoms with van der Waals surface area (Å²) in [6.07, 6.45) is 0. The van der Waals surface area contributed by atoms with Crippen LogP contribution in [0.15, 0.2) is 18.2 Å². The Labute approximate surface area is 133 Å². The Hall–Kier alpha value is -2.08. The first kappa shape index (κ1) is 16.3. The molecule has 118 valence electrons. The molecule has 1 aliphatic rings. The van der Waals surface area contributed by atoms with Gasteiger partial charge in [-0.25, -0.2) is 4.79 Å². The third-order valence-corrected chi connectivity index (χ3v) is 3.89. The second-order valence-corrected chi connectivity index (χ2v) is 6.01. The van der Waals surface area contributed by atoms with Crippen LogP contribution in [-0.4, -0.2) is 35.3 Å². The number of aryl methyl sites for hydroxylation is 1. The number of rotatable bonds is 4. The molecule has 1 aromatic carbocycles. The minimum atomic E-state index is -0.575. The number of imide groups is 1. The van der Waals surface area contributed by atoms with Crippen molar-refractivity contribution in [3.63, 3.8) is 0 Å². The average molecular weight is 324 g/mol. The van der Waals surface area contributed by atoms with Crippen LogP contribution in [0.3, 0.4) is 0 Å². The minimum absolute atomic E-state index is 0.0274. The molecule has 0 aromatic heterocycles. The zero-order valence-corrected chi connectivity index (χ0v) is 13.4. The number of hydrogen-bond acceptors (Lipinski definition) is 3. The second-order valence-electron chi connectivity index (χ2n) is 5.61. The maximum absolute atomic E-state index is 12.1. The molecule has 0 unspecified atom stereocenters. The van der Waals surface area contributed by atoms with Crippen LogP contribution in [0, 0.1) is 12.8 Å². The Balaban J connectivity index is 2.01. The highest BCUT2D eigenvalue weighted by molar-refractivity contribution is 6.31. The lowest BCUT2D eigenvalue weighted by atomic mass is 10.1. The van der Waals surface area contributed by atoms with E-state index in [2.05, 4.69) is 10.6 Å². The minimum Gasteiger partial charge on any atom is -0.326 e. The van der Waals surface area contributed by atoms with E-state index in [0.29, 0.717) is 10.7 Å². The first-order valence-electron chi connectivity index (χ1n) is 6.97. The maximum atomic E-state index is 12.1. The van der Waals surface area contributed by atoms with Gasteiger partial charge in [0.1, 0.15) is 12.6 Å². The van der Waals surface area contributed by atoms with Crippen molar-refractivity contribution in [3.05, 3.63) is 28.8 Å². The molecule has 0 aliphatic carbocycles. The Bertz CT molecular complexity index is 630. The van der Waals surface area contributed by atoms with Gasteiger partial charge >= 0.3 is 6.03 Å². The van der Waals surface area contributed by atoms with E-state index in [1.165, 1.54) is 0 Å². The topological polar surface area (TPSA) is 78.5 Å². The Kier molecular flexibility index (Phi) is 4.71. The van der Waals surface area contributed by atoms with E-state index < -0.39 is 18.0 Å². The van der Waals surface area contributed by atoms with Gasteiger partial charge in [-0.3, -0.25) is 14.5 Å². The van der Waals surface area contributed by atoms with Gasteiger partial charge in [0.25, 0.3) is 5.91 Å². The van der Waals surface area contributed by atoms with Gasteiger partial charge < -0.3 is 10.6 Å². The predicted molar refractivity (Wildman–Crippen MR) is 83.7 cm³/mol. The molecule has 1 heterocycles. The molecular weight excluding hydrogens is 306 g/mol. The fourth-order valence-corrected chi connectivity index (χ4v) is 2.34. The van der Waals surface area contributed by atoms with E-state index in [-0.39, 0.29) is 18.4 Å². The summed E-state index contributed by atoms with van der Waals surface area (Å²) < 4.78 is 0. The molecule has 0 saturated carbocycles. The number of anilines is 1. The predicted octanol–water partition coefficient (Wildman–Crippen LogP) is 2.16. The lowest BCUT2D eigenvalue weighted by molar-refractivity contribution is -0.131. The summed E-state index contributed by atoms with van der Waals surface area (Å²) >= 11 is 5.99. The van der Waals surface area contributed by atoms with Crippen LogP contribution in [0.5, 0.6) is 0 Å². The van der Waals surface area contributed by atoms with Crippen LogP contribution in [-0.2, 0) is 9.59 Å². The lowest BCUT2D eigenvalue weighted by Gasteiger charge is -2.14. The van der Waals surface area contributed by atoms with E-state index in [9.17, 15) is 14.4 Å². The number of halogens is 1. The normalized spacial score (nSPS) is 17.9. The summed E-state index contributed by atoms with van der Waals surface area (Å²) in [6.45, 7) is 5.20. The van der Waals surface area contributed by atoms with Crippen LogP contribution >= 0.6 is 11.6 Å². The smallest absolute Gasteiger partial charge is 0.325 e. The van der Waals surface area contributed by atoms with Gasteiger partial charge in [0, 0.05) is 10.7 Å². The first-order chi connectivity index (χ1) is 10.3. The van der Waals surface area contributed by atoms with Crippen LogP contribution in [0.2, 0.25) is 5.02 Å². The van der Waals surface area contributed by atoms with Gasteiger partial charge in [0.2, 0.25) is 5.91 Å². The number of carbonyl (C=O) groups is 3. The van der Waals surface area contributed by atoms with Crippen molar-refractivity contribution in [3.8, 4) is 0 Å². The fourth-order valence-electron chi connectivity index (χ4n) is 2.16. The van der Waals surface area contributed by atoms with Crippen LogP contribution < -0.4 is 10.6 Å². The quantitative estimate of drug-likeness (QED) is 0.833. The second kappa shape index (κ2) is 6.36. The number of carbonyl (C=O) groups excluding carboxylic acids is 3. The number of urea groups is 1. The van der Waals surface area contributed by atoms with E-state index >= 15 is 0 Å². The molecule has 6 nitrogen and oxygen atoms in total. The molecule has 2 rings (SSSR count). The van der Waals surface area contributed by atoms with Crippen LogP contribution in [0.25, 0.3) is 0 Å². The number of nitrogens with zero attached hydrogens (tertiary/aromatic N) is 1. The Morgan fingerprint density at radius 3 is 2.64 bits per heavy atom. The zero-order chi connectivity index (χ0) is 16.4. The van der Waals surface area contributed by atoms with Gasteiger partial charge in [-0.2, -0.15) is 0 Å². The maximum Gasteiger partial charge on any atom is 0.325 e. The number of benzene rings is 1. The first-order valence-corrected chi connectivity index (χ1v) is 7.35. The molecule has 1 fully saturated rings. The third kappa shape index (κ3) is 3.39. The summed E-state index contributed by atoms with van der Waals surface area (Å²) in [6, 6.07) is 4.00. The van der Waals surface area contributed by atoms with Crippen molar-refractivity contribution in [2.75, 3.05) is 11.9 Å². The molecule has 1 aromatic rings. The van der Waals surface area contributed by atoms with Crippen molar-refractivity contribution in [1.82, 2.24) is 10.2 Å². The van der Waals surface area contributed by atoms with Crippen LogP contribution in [0.4, 0.5) is 10.5 Å². The molecule has 4 amide bonds. The number of hydrogen-bond donors (Lipinski definition) is 2. The summed E-state index contributed by atoms with van der Waals surface area (Å²) in [5.74, 6) is -0.856. The number of nitrogens with one attached hydrogen (secondary N) is 2. The summed E-state index contributed by atoms with van der Waals surface area (Å²) in [5.41, 5.74) is 1.42. The molecule has 1 atom stereocenters. The van der Waals surface area contributed by atoms with Crippen molar-refractivity contribution >= 4 is 35.1 Å². The van der Waals surface area contributed by atoms with Gasteiger partial charge in [0.05, 0.1) is 0 Å². The molecule has 1 saturated heterocycles. The van der Waals surface area contributed by atoms with Gasteiger partial charge in [0.15, 0.2) is 0 Å².